The van der Waals surface area contributed by atoms with Crippen molar-refractivity contribution in [3.63, 3.8) is 0 Å². The minimum Gasteiger partial charge on any atom is -0.477 e. The average Bonchev–Trinajstić information content (AvgIpc) is 2.96. The van der Waals surface area contributed by atoms with Crippen molar-refractivity contribution in [1.82, 2.24) is 9.66 Å². The van der Waals surface area contributed by atoms with Gasteiger partial charge >= 0.3 is 5.69 Å². The number of para-hydroxylation sites is 4. The molecule has 116 valence electrons. The number of imidazole rings is 1. The van der Waals surface area contributed by atoms with Crippen molar-refractivity contribution in [3.05, 3.63) is 65.0 Å². The van der Waals surface area contributed by atoms with Crippen LogP contribution in [0, 0.1) is 10.1 Å². The van der Waals surface area contributed by atoms with Crippen LogP contribution in [0.1, 0.15) is 0 Å². The fourth-order valence-electron chi connectivity index (χ4n) is 2.09. The van der Waals surface area contributed by atoms with Gasteiger partial charge in [-0.3, -0.25) is 20.3 Å². The molecule has 0 fully saturated rings. The Kier molecular flexibility index (Phi) is 3.88. The molecular formula is C15H12N4O4. The Balaban J connectivity index is 1.68. The fourth-order valence-corrected chi connectivity index (χ4v) is 2.09. The summed E-state index contributed by atoms with van der Waals surface area (Å²) in [5.41, 5.74) is 3.90. The Morgan fingerprint density at radius 1 is 1.22 bits per heavy atom. The van der Waals surface area contributed by atoms with Gasteiger partial charge in [0.15, 0.2) is 12.4 Å². The normalized spacial score (nSPS) is 10.4. The zero-order chi connectivity index (χ0) is 16.2. The number of aromatic nitrogens is 2. The second-order valence-electron chi connectivity index (χ2n) is 4.65. The zero-order valence-corrected chi connectivity index (χ0v) is 11.9. The summed E-state index contributed by atoms with van der Waals surface area (Å²) in [4.78, 5) is 26.4. The Morgan fingerprint density at radius 3 is 2.78 bits per heavy atom. The standard InChI is InChI=1S/C15H12N4O4/c20-15(9-23-14-8-4-3-7-13(14)19(21)22)17-18-10-16-11-5-1-2-6-12(11)18/h1-8,10H,9H2,(H,17,20). The highest BCUT2D eigenvalue weighted by atomic mass is 16.6. The van der Waals surface area contributed by atoms with Crippen molar-refractivity contribution in [2.24, 2.45) is 0 Å². The number of carbonyl (C=O) groups is 1. The summed E-state index contributed by atoms with van der Waals surface area (Å²) in [5.74, 6) is -0.408. The predicted octanol–water partition coefficient (Wildman–Crippen LogP) is 2.09. The number of nitro benzene ring substituents is 1. The van der Waals surface area contributed by atoms with Crippen LogP contribution in [0.15, 0.2) is 54.9 Å². The quantitative estimate of drug-likeness (QED) is 0.574. The first-order chi connectivity index (χ1) is 11.1. The largest absolute Gasteiger partial charge is 0.477 e. The second-order valence-corrected chi connectivity index (χ2v) is 4.65. The molecule has 8 heteroatoms. The summed E-state index contributed by atoms with van der Waals surface area (Å²) in [7, 11) is 0. The highest BCUT2D eigenvalue weighted by molar-refractivity contribution is 5.87. The lowest BCUT2D eigenvalue weighted by Gasteiger charge is -2.08. The second kappa shape index (κ2) is 6.14. The highest BCUT2D eigenvalue weighted by Crippen LogP contribution is 2.25. The molecule has 1 amide bonds. The summed E-state index contributed by atoms with van der Waals surface area (Å²) in [5, 5.41) is 10.9. The van der Waals surface area contributed by atoms with E-state index in [0.29, 0.717) is 0 Å². The highest BCUT2D eigenvalue weighted by Gasteiger charge is 2.15. The van der Waals surface area contributed by atoms with Crippen LogP contribution in [-0.2, 0) is 4.79 Å². The molecule has 8 nitrogen and oxygen atoms in total. The van der Waals surface area contributed by atoms with Gasteiger partial charge in [-0.25, -0.2) is 9.66 Å². The fraction of sp³-hybridized carbons (Fsp3) is 0.0667. The van der Waals surface area contributed by atoms with E-state index in [4.69, 9.17) is 4.74 Å². The van der Waals surface area contributed by atoms with Gasteiger partial charge in [-0.2, -0.15) is 0 Å². The molecule has 23 heavy (non-hydrogen) atoms. The van der Waals surface area contributed by atoms with E-state index in [2.05, 4.69) is 10.4 Å². The molecular weight excluding hydrogens is 300 g/mol. The average molecular weight is 312 g/mol. The zero-order valence-electron chi connectivity index (χ0n) is 11.9. The maximum Gasteiger partial charge on any atom is 0.310 e. The van der Waals surface area contributed by atoms with Gasteiger partial charge in [0, 0.05) is 6.07 Å². The maximum absolute atomic E-state index is 12.0. The monoisotopic (exact) mass is 312 g/mol. The van der Waals surface area contributed by atoms with E-state index in [-0.39, 0.29) is 18.0 Å². The molecule has 0 spiro atoms. The summed E-state index contributed by atoms with van der Waals surface area (Å²) in [6.45, 7) is -0.350. The van der Waals surface area contributed by atoms with Crippen molar-refractivity contribution in [3.8, 4) is 5.75 Å². The van der Waals surface area contributed by atoms with Crippen LogP contribution in [0.25, 0.3) is 11.0 Å². The van der Waals surface area contributed by atoms with E-state index in [0.717, 1.165) is 11.0 Å². The molecule has 0 radical (unpaired) electrons. The molecule has 1 aromatic heterocycles. The van der Waals surface area contributed by atoms with Crippen molar-refractivity contribution >= 4 is 22.6 Å². The molecule has 1 heterocycles. The number of ether oxygens (including phenoxy) is 1. The Bertz CT molecular complexity index is 875. The van der Waals surface area contributed by atoms with E-state index < -0.39 is 10.8 Å². The number of benzene rings is 2. The Hall–Kier alpha value is -3.42. The number of carbonyl (C=O) groups excluding carboxylic acids is 1. The number of fused-ring (bicyclic) bond motifs is 1. The number of rotatable bonds is 5. The minimum absolute atomic E-state index is 0.0446. The van der Waals surface area contributed by atoms with Crippen molar-refractivity contribution < 1.29 is 14.5 Å². The van der Waals surface area contributed by atoms with Gasteiger partial charge in [0.25, 0.3) is 5.91 Å². The van der Waals surface area contributed by atoms with Crippen molar-refractivity contribution in [2.45, 2.75) is 0 Å². The van der Waals surface area contributed by atoms with E-state index >= 15 is 0 Å². The number of hydrogen-bond acceptors (Lipinski definition) is 5. The van der Waals surface area contributed by atoms with Gasteiger partial charge in [0.2, 0.25) is 0 Å². The van der Waals surface area contributed by atoms with E-state index in [9.17, 15) is 14.9 Å². The van der Waals surface area contributed by atoms with Crippen LogP contribution in [0.5, 0.6) is 5.75 Å². The molecule has 1 N–H and O–H groups in total. The summed E-state index contributed by atoms with van der Waals surface area (Å²) >= 11 is 0. The Labute approximate surface area is 130 Å². The topological polar surface area (TPSA) is 99.3 Å². The van der Waals surface area contributed by atoms with Gasteiger partial charge in [-0.15, -0.1) is 0 Å². The molecule has 0 aliphatic carbocycles. The van der Waals surface area contributed by atoms with Crippen molar-refractivity contribution in [1.29, 1.82) is 0 Å². The molecule has 3 rings (SSSR count). The smallest absolute Gasteiger partial charge is 0.310 e. The summed E-state index contributed by atoms with van der Waals surface area (Å²) in [6.07, 6.45) is 1.48. The number of nitrogens with one attached hydrogen (secondary N) is 1. The van der Waals surface area contributed by atoms with Crippen LogP contribution in [-0.4, -0.2) is 27.1 Å². The van der Waals surface area contributed by atoms with Gasteiger partial charge < -0.3 is 4.74 Å². The van der Waals surface area contributed by atoms with Gasteiger partial charge in [0.05, 0.1) is 16.0 Å². The minimum atomic E-state index is -0.559. The number of amides is 1. The molecule has 0 bridgehead atoms. The first-order valence-electron chi connectivity index (χ1n) is 6.73. The van der Waals surface area contributed by atoms with Crippen LogP contribution < -0.4 is 10.2 Å². The van der Waals surface area contributed by atoms with Crippen LogP contribution in [0.2, 0.25) is 0 Å². The third-order valence-electron chi connectivity index (χ3n) is 3.12. The molecule has 3 aromatic rings. The Morgan fingerprint density at radius 2 is 1.96 bits per heavy atom. The lowest BCUT2D eigenvalue weighted by molar-refractivity contribution is -0.385. The lowest BCUT2D eigenvalue weighted by atomic mass is 10.3. The van der Waals surface area contributed by atoms with Gasteiger partial charge in [0.1, 0.15) is 6.33 Å². The number of nitrogens with zero attached hydrogens (tertiary/aromatic N) is 3. The van der Waals surface area contributed by atoms with Crippen LogP contribution in [0.4, 0.5) is 5.69 Å². The van der Waals surface area contributed by atoms with E-state index in [1.54, 1.807) is 6.07 Å². The third-order valence-corrected chi connectivity index (χ3v) is 3.12. The maximum atomic E-state index is 12.0. The third kappa shape index (κ3) is 3.10. The van der Waals surface area contributed by atoms with E-state index in [1.165, 1.54) is 29.2 Å². The number of nitro groups is 1. The lowest BCUT2D eigenvalue weighted by Crippen LogP contribution is -2.27. The van der Waals surface area contributed by atoms with Crippen LogP contribution in [0.3, 0.4) is 0 Å². The van der Waals surface area contributed by atoms with Crippen molar-refractivity contribution in [2.75, 3.05) is 12.0 Å². The molecule has 0 unspecified atom stereocenters. The molecule has 0 aliphatic rings. The predicted molar refractivity (Wildman–Crippen MR) is 82.7 cm³/mol. The SMILES string of the molecule is O=C(COc1ccccc1[N+](=O)[O-])Nn1cnc2ccccc21. The first-order valence-corrected chi connectivity index (χ1v) is 6.73. The number of hydrogen-bond donors (Lipinski definition) is 1. The molecule has 0 aliphatic heterocycles. The molecule has 2 aromatic carbocycles. The van der Waals surface area contributed by atoms with E-state index in [1.807, 2.05) is 24.3 Å². The van der Waals surface area contributed by atoms with Gasteiger partial charge in [-0.05, 0) is 18.2 Å². The summed E-state index contributed by atoms with van der Waals surface area (Å²) < 4.78 is 6.71. The van der Waals surface area contributed by atoms with Crippen LogP contribution >= 0.6 is 0 Å². The summed E-state index contributed by atoms with van der Waals surface area (Å²) in [6, 6.07) is 13.2. The first kappa shape index (κ1) is 14.5. The molecule has 0 atom stereocenters. The molecule has 0 saturated carbocycles. The van der Waals surface area contributed by atoms with Gasteiger partial charge in [-0.1, -0.05) is 24.3 Å². The molecule has 0 saturated heterocycles.